The summed E-state index contributed by atoms with van der Waals surface area (Å²) in [6, 6.07) is 7.29. The summed E-state index contributed by atoms with van der Waals surface area (Å²) in [5.41, 5.74) is 3.55. The van der Waals surface area contributed by atoms with Crippen LogP contribution in [-0.2, 0) is 0 Å². The molecule has 5 nitrogen and oxygen atoms in total. The Morgan fingerprint density at radius 2 is 2.05 bits per heavy atom. The summed E-state index contributed by atoms with van der Waals surface area (Å²) in [4.78, 5) is 17.9. The van der Waals surface area contributed by atoms with Crippen molar-refractivity contribution in [2.24, 2.45) is 0 Å². The van der Waals surface area contributed by atoms with Gasteiger partial charge in [0, 0.05) is 13.6 Å². The highest BCUT2D eigenvalue weighted by atomic mass is 16.4. The number of carbonyl (C=O) groups is 1. The highest BCUT2D eigenvalue weighted by Gasteiger charge is 2.11. The Morgan fingerprint density at radius 3 is 2.64 bits per heavy atom. The monoisotopic (exact) mass is 299 g/mol. The minimum absolute atomic E-state index is 0.257. The molecule has 1 heterocycles. The molecule has 0 bridgehead atoms. The number of aromatic nitrogens is 1. The molecule has 0 saturated carbocycles. The second kappa shape index (κ2) is 6.47. The first kappa shape index (κ1) is 15.8. The predicted molar refractivity (Wildman–Crippen MR) is 89.3 cm³/mol. The Bertz CT molecular complexity index is 698. The number of carboxylic acid groups (broad SMARTS) is 1. The second-order valence-corrected chi connectivity index (χ2v) is 5.36. The Labute approximate surface area is 130 Å². The number of rotatable bonds is 5. The first-order valence-electron chi connectivity index (χ1n) is 7.21. The van der Waals surface area contributed by atoms with Crippen molar-refractivity contribution in [2.45, 2.75) is 20.8 Å². The van der Waals surface area contributed by atoms with Gasteiger partial charge in [0.15, 0.2) is 0 Å². The van der Waals surface area contributed by atoms with Crippen LogP contribution in [0.4, 0.5) is 17.2 Å². The molecule has 0 aliphatic carbocycles. The topological polar surface area (TPSA) is 65.5 Å². The van der Waals surface area contributed by atoms with Gasteiger partial charge in [0.25, 0.3) is 0 Å². The molecule has 0 aliphatic heterocycles. The van der Waals surface area contributed by atoms with Crippen molar-refractivity contribution in [1.82, 2.24) is 4.98 Å². The van der Waals surface area contributed by atoms with E-state index < -0.39 is 5.97 Å². The van der Waals surface area contributed by atoms with Crippen molar-refractivity contribution >= 4 is 23.2 Å². The van der Waals surface area contributed by atoms with Crippen molar-refractivity contribution in [3.8, 4) is 0 Å². The number of anilines is 3. The summed E-state index contributed by atoms with van der Waals surface area (Å²) in [6.45, 7) is 6.81. The van der Waals surface area contributed by atoms with E-state index in [2.05, 4.69) is 22.1 Å². The molecule has 0 amide bonds. The molecule has 2 aromatic rings. The molecule has 0 unspecified atom stereocenters. The third-order valence-electron chi connectivity index (χ3n) is 3.57. The lowest BCUT2D eigenvalue weighted by Gasteiger charge is -2.19. The van der Waals surface area contributed by atoms with Gasteiger partial charge in [-0.15, -0.1) is 0 Å². The van der Waals surface area contributed by atoms with Crippen molar-refractivity contribution in [3.05, 3.63) is 47.2 Å². The van der Waals surface area contributed by atoms with Gasteiger partial charge in [-0.25, -0.2) is 9.78 Å². The zero-order chi connectivity index (χ0) is 16.3. The van der Waals surface area contributed by atoms with Gasteiger partial charge in [-0.3, -0.25) is 0 Å². The van der Waals surface area contributed by atoms with Gasteiger partial charge in [-0.2, -0.15) is 0 Å². The molecule has 116 valence electrons. The van der Waals surface area contributed by atoms with Crippen molar-refractivity contribution in [1.29, 1.82) is 0 Å². The van der Waals surface area contributed by atoms with Crippen LogP contribution in [0.2, 0.25) is 0 Å². The number of aromatic carboxylic acids is 1. The summed E-state index contributed by atoms with van der Waals surface area (Å²) in [6.07, 6.45) is 1.72. The second-order valence-electron chi connectivity index (χ2n) is 5.36. The molecule has 0 spiro atoms. The number of nitrogens with one attached hydrogen (secondary N) is 1. The van der Waals surface area contributed by atoms with Crippen LogP contribution < -0.4 is 10.2 Å². The third kappa shape index (κ3) is 3.36. The molecule has 2 rings (SSSR count). The highest BCUT2D eigenvalue weighted by molar-refractivity contribution is 5.95. The van der Waals surface area contributed by atoms with E-state index in [1.54, 1.807) is 18.3 Å². The van der Waals surface area contributed by atoms with E-state index >= 15 is 0 Å². The fourth-order valence-electron chi connectivity index (χ4n) is 2.28. The van der Waals surface area contributed by atoms with Crippen LogP contribution in [0.25, 0.3) is 0 Å². The number of benzene rings is 1. The molecule has 5 heteroatoms. The fourth-order valence-corrected chi connectivity index (χ4v) is 2.28. The van der Waals surface area contributed by atoms with Crippen LogP contribution >= 0.6 is 0 Å². The van der Waals surface area contributed by atoms with E-state index in [9.17, 15) is 9.90 Å². The number of pyridine rings is 1. The minimum Gasteiger partial charge on any atom is -0.478 e. The Hall–Kier alpha value is -2.56. The molecule has 0 radical (unpaired) electrons. The average Bonchev–Trinajstić information content (AvgIpc) is 2.48. The Kier molecular flexibility index (Phi) is 4.65. The molecule has 22 heavy (non-hydrogen) atoms. The first-order chi connectivity index (χ1) is 10.4. The van der Waals surface area contributed by atoms with Crippen molar-refractivity contribution in [2.75, 3.05) is 23.8 Å². The van der Waals surface area contributed by atoms with Crippen LogP contribution in [-0.4, -0.2) is 29.7 Å². The number of aryl methyl sites for hydroxylation is 2. The molecule has 0 atom stereocenters. The minimum atomic E-state index is -0.946. The molecule has 0 saturated heterocycles. The van der Waals surface area contributed by atoms with Gasteiger partial charge in [0.2, 0.25) is 0 Å². The largest absolute Gasteiger partial charge is 0.478 e. The summed E-state index contributed by atoms with van der Waals surface area (Å²) in [5, 5.41) is 12.5. The maximum Gasteiger partial charge on any atom is 0.337 e. The number of hydrogen-bond donors (Lipinski definition) is 2. The zero-order valence-corrected chi connectivity index (χ0v) is 13.3. The van der Waals surface area contributed by atoms with E-state index in [1.807, 2.05) is 33.0 Å². The normalized spacial score (nSPS) is 10.4. The fraction of sp³-hybridized carbons (Fsp3) is 0.294. The maximum absolute atomic E-state index is 11.4. The van der Waals surface area contributed by atoms with E-state index in [1.165, 1.54) is 0 Å². The standard InChI is InChI=1S/C17H21N3O2/c1-5-20(4)16-12(3)9-13(10-18-16)19-15-7-6-11(2)8-14(15)17(21)22/h6-10,19H,5H2,1-4H3,(H,21,22). The lowest BCUT2D eigenvalue weighted by molar-refractivity contribution is 0.0698. The van der Waals surface area contributed by atoms with E-state index in [0.29, 0.717) is 5.69 Å². The van der Waals surface area contributed by atoms with Gasteiger partial charge in [0.1, 0.15) is 5.82 Å². The lowest BCUT2D eigenvalue weighted by atomic mass is 10.1. The highest BCUT2D eigenvalue weighted by Crippen LogP contribution is 2.25. The van der Waals surface area contributed by atoms with Gasteiger partial charge < -0.3 is 15.3 Å². The molecular weight excluding hydrogens is 278 g/mol. The van der Waals surface area contributed by atoms with E-state index in [-0.39, 0.29) is 5.56 Å². The van der Waals surface area contributed by atoms with Crippen molar-refractivity contribution < 1.29 is 9.90 Å². The SMILES string of the molecule is CCN(C)c1ncc(Nc2ccc(C)cc2C(=O)O)cc1C. The third-order valence-corrected chi connectivity index (χ3v) is 3.57. The van der Waals surface area contributed by atoms with E-state index in [4.69, 9.17) is 0 Å². The zero-order valence-electron chi connectivity index (χ0n) is 13.3. The predicted octanol–water partition coefficient (Wildman–Crippen LogP) is 3.60. The van der Waals surface area contributed by atoms with Crippen LogP contribution in [0.15, 0.2) is 30.5 Å². The smallest absolute Gasteiger partial charge is 0.337 e. The van der Waals surface area contributed by atoms with Gasteiger partial charge in [-0.1, -0.05) is 11.6 Å². The first-order valence-corrected chi connectivity index (χ1v) is 7.21. The van der Waals surface area contributed by atoms with E-state index in [0.717, 1.165) is 29.2 Å². The Balaban J connectivity index is 2.32. The quantitative estimate of drug-likeness (QED) is 0.883. The summed E-state index contributed by atoms with van der Waals surface area (Å²) >= 11 is 0. The number of carboxylic acids is 1. The lowest BCUT2D eigenvalue weighted by Crippen LogP contribution is -2.18. The van der Waals surface area contributed by atoms with Crippen LogP contribution in [0, 0.1) is 13.8 Å². The summed E-state index contributed by atoms with van der Waals surface area (Å²) in [5.74, 6) is -0.0198. The van der Waals surface area contributed by atoms with Gasteiger partial charge in [-0.05, 0) is 44.5 Å². The molecule has 0 fully saturated rings. The van der Waals surface area contributed by atoms with Crippen LogP contribution in [0.3, 0.4) is 0 Å². The number of nitrogens with zero attached hydrogens (tertiary/aromatic N) is 2. The molecule has 0 aliphatic rings. The molecular formula is C17H21N3O2. The van der Waals surface area contributed by atoms with Crippen LogP contribution in [0.1, 0.15) is 28.4 Å². The summed E-state index contributed by atoms with van der Waals surface area (Å²) < 4.78 is 0. The summed E-state index contributed by atoms with van der Waals surface area (Å²) in [7, 11) is 1.99. The van der Waals surface area contributed by atoms with Crippen molar-refractivity contribution in [3.63, 3.8) is 0 Å². The molecule has 1 aromatic carbocycles. The van der Waals surface area contributed by atoms with Gasteiger partial charge >= 0.3 is 5.97 Å². The Morgan fingerprint density at radius 1 is 1.32 bits per heavy atom. The maximum atomic E-state index is 11.4. The average molecular weight is 299 g/mol. The molecule has 2 N–H and O–H groups in total. The van der Waals surface area contributed by atoms with Crippen LogP contribution in [0.5, 0.6) is 0 Å². The van der Waals surface area contributed by atoms with Gasteiger partial charge in [0.05, 0.1) is 23.1 Å². The number of hydrogen-bond acceptors (Lipinski definition) is 4. The molecule has 1 aromatic heterocycles.